The zero-order chi connectivity index (χ0) is 21.6. The second-order valence-electron chi connectivity index (χ2n) is 6.54. The number of aliphatic hydroxyl groups is 1. The van der Waals surface area contributed by atoms with Crippen LogP contribution in [0.15, 0.2) is 30.3 Å². The molecule has 0 bridgehead atoms. The fourth-order valence-electron chi connectivity index (χ4n) is 3.40. The van der Waals surface area contributed by atoms with E-state index < -0.39 is 35.4 Å². The molecule has 1 unspecified atom stereocenters. The Labute approximate surface area is 160 Å². The number of anilines is 2. The molecule has 1 aliphatic rings. The van der Waals surface area contributed by atoms with Gasteiger partial charge in [-0.1, -0.05) is 0 Å². The molecule has 0 fully saturated rings. The molecule has 0 saturated heterocycles. The third-order valence-corrected chi connectivity index (χ3v) is 4.62. The van der Waals surface area contributed by atoms with E-state index in [0.717, 1.165) is 18.2 Å². The maximum atomic E-state index is 13.7. The lowest BCUT2D eigenvalue weighted by Gasteiger charge is -2.34. The van der Waals surface area contributed by atoms with Crippen LogP contribution in [0, 0.1) is 17.1 Å². The summed E-state index contributed by atoms with van der Waals surface area (Å²) in [5.74, 6) is -0.704. The van der Waals surface area contributed by atoms with Crippen molar-refractivity contribution < 1.29 is 35.8 Å². The number of halogens is 7. The van der Waals surface area contributed by atoms with Crippen molar-refractivity contribution in [3.05, 3.63) is 58.4 Å². The third kappa shape index (κ3) is 4.00. The number of fused-ring (bicyclic) bond motifs is 1. The van der Waals surface area contributed by atoms with Crippen molar-refractivity contribution in [3.8, 4) is 6.07 Å². The second-order valence-corrected chi connectivity index (χ2v) is 6.54. The topological polar surface area (TPSA) is 47.3 Å². The Hall–Kier alpha value is -2.80. The maximum Gasteiger partial charge on any atom is 0.418 e. The predicted octanol–water partition coefficient (Wildman–Crippen LogP) is 5.40. The van der Waals surface area contributed by atoms with Gasteiger partial charge in [0.2, 0.25) is 0 Å². The van der Waals surface area contributed by atoms with Crippen molar-refractivity contribution in [2.24, 2.45) is 0 Å². The van der Waals surface area contributed by atoms with Gasteiger partial charge >= 0.3 is 12.4 Å². The molecule has 1 heterocycles. The number of aryl methyl sites for hydroxylation is 1. The van der Waals surface area contributed by atoms with E-state index in [0.29, 0.717) is 24.5 Å². The first-order chi connectivity index (χ1) is 13.4. The van der Waals surface area contributed by atoms with Gasteiger partial charge in [-0.05, 0) is 48.7 Å². The number of nitriles is 1. The van der Waals surface area contributed by atoms with Gasteiger partial charge in [-0.15, -0.1) is 0 Å². The van der Waals surface area contributed by atoms with Crippen molar-refractivity contribution >= 4 is 11.4 Å². The van der Waals surface area contributed by atoms with Crippen molar-refractivity contribution in [2.75, 3.05) is 11.4 Å². The Balaban J connectivity index is 2.24. The lowest BCUT2D eigenvalue weighted by Crippen LogP contribution is -2.29. The van der Waals surface area contributed by atoms with Crippen LogP contribution in [0.25, 0.3) is 0 Å². The van der Waals surface area contributed by atoms with Crippen LogP contribution in [0.4, 0.5) is 42.1 Å². The number of hydrogen-bond donors (Lipinski definition) is 1. The molecule has 1 atom stereocenters. The lowest BCUT2D eigenvalue weighted by molar-refractivity contribution is -0.206. The fourth-order valence-corrected chi connectivity index (χ4v) is 3.40. The number of nitrogens with zero attached hydrogens (tertiary/aromatic N) is 2. The van der Waals surface area contributed by atoms with Crippen LogP contribution in [0.3, 0.4) is 0 Å². The van der Waals surface area contributed by atoms with Crippen molar-refractivity contribution in [3.63, 3.8) is 0 Å². The number of rotatable bonds is 2. The van der Waals surface area contributed by atoms with E-state index in [-0.39, 0.29) is 29.5 Å². The van der Waals surface area contributed by atoms with Crippen molar-refractivity contribution in [1.29, 1.82) is 5.26 Å². The van der Waals surface area contributed by atoms with Crippen LogP contribution in [-0.4, -0.2) is 17.8 Å². The SMILES string of the molecule is N#Cc1cc(F)cc2c1N(c1ccc(C(F)(F)F)cc1C(O)C(F)(F)F)CCC2. The van der Waals surface area contributed by atoms with Crippen LogP contribution in [0.5, 0.6) is 0 Å². The molecule has 29 heavy (non-hydrogen) atoms. The molecule has 2 aromatic carbocycles. The second kappa shape index (κ2) is 7.22. The third-order valence-electron chi connectivity index (χ3n) is 4.62. The van der Waals surface area contributed by atoms with E-state index >= 15 is 0 Å². The first kappa shape index (κ1) is 20.9. The van der Waals surface area contributed by atoms with Gasteiger partial charge in [-0.2, -0.15) is 31.6 Å². The number of hydrogen-bond acceptors (Lipinski definition) is 3. The molecule has 0 radical (unpaired) electrons. The Morgan fingerprint density at radius 2 is 1.76 bits per heavy atom. The first-order valence-electron chi connectivity index (χ1n) is 8.39. The van der Waals surface area contributed by atoms with E-state index in [1.807, 2.05) is 0 Å². The van der Waals surface area contributed by atoms with Crippen molar-refractivity contribution in [2.45, 2.75) is 31.3 Å². The average Bonchev–Trinajstić information content (AvgIpc) is 2.64. The van der Waals surface area contributed by atoms with Gasteiger partial charge in [-0.3, -0.25) is 0 Å². The van der Waals surface area contributed by atoms with Gasteiger partial charge in [0.05, 0.1) is 16.8 Å². The molecule has 10 heteroatoms. The van der Waals surface area contributed by atoms with E-state index in [1.165, 1.54) is 4.90 Å². The summed E-state index contributed by atoms with van der Waals surface area (Å²) in [4.78, 5) is 1.22. The average molecular weight is 418 g/mol. The molecule has 3 rings (SSSR count). The monoisotopic (exact) mass is 418 g/mol. The predicted molar refractivity (Wildman–Crippen MR) is 88.9 cm³/mol. The number of aliphatic hydroxyl groups excluding tert-OH is 1. The number of benzene rings is 2. The number of alkyl halides is 6. The standard InChI is InChI=1S/C19H13F7N2O/c20-13-6-10-2-1-5-28(16(10)11(7-13)9-27)15-4-3-12(18(21,22)23)8-14(15)17(29)19(24,25)26/h3-4,6-8,17,29H,1-2,5H2. The summed E-state index contributed by atoms with van der Waals surface area (Å²) in [6, 6.07) is 5.48. The van der Waals surface area contributed by atoms with Crippen LogP contribution < -0.4 is 4.90 Å². The minimum Gasteiger partial charge on any atom is -0.379 e. The van der Waals surface area contributed by atoms with Crippen LogP contribution in [-0.2, 0) is 12.6 Å². The molecule has 1 N–H and O–H groups in total. The smallest absolute Gasteiger partial charge is 0.379 e. The largest absolute Gasteiger partial charge is 0.418 e. The summed E-state index contributed by atoms with van der Waals surface area (Å²) in [5.41, 5.74) is -2.36. The first-order valence-corrected chi connectivity index (χ1v) is 8.39. The van der Waals surface area contributed by atoms with Gasteiger partial charge in [0, 0.05) is 17.8 Å². The van der Waals surface area contributed by atoms with Crippen LogP contribution in [0.2, 0.25) is 0 Å². The molecule has 154 valence electrons. The molecule has 0 aliphatic carbocycles. The quantitative estimate of drug-likeness (QED) is 0.665. The minimum absolute atomic E-state index is 0.0796. The zero-order valence-electron chi connectivity index (χ0n) is 14.6. The summed E-state index contributed by atoms with van der Waals surface area (Å²) in [5, 5.41) is 19.1. The molecule has 3 nitrogen and oxygen atoms in total. The lowest BCUT2D eigenvalue weighted by atomic mass is 9.94. The van der Waals surface area contributed by atoms with E-state index in [9.17, 15) is 41.1 Å². The van der Waals surface area contributed by atoms with Gasteiger partial charge in [-0.25, -0.2) is 4.39 Å². The highest BCUT2D eigenvalue weighted by Crippen LogP contribution is 2.45. The zero-order valence-corrected chi connectivity index (χ0v) is 14.6. The minimum atomic E-state index is -5.21. The molecule has 2 aromatic rings. The fraction of sp³-hybridized carbons (Fsp3) is 0.316. The summed E-state index contributed by atoms with van der Waals surface area (Å²) in [6.45, 7) is 0.0796. The highest BCUT2D eigenvalue weighted by atomic mass is 19.4. The molecule has 1 aliphatic heterocycles. The summed E-state index contributed by atoms with van der Waals surface area (Å²) in [7, 11) is 0. The molecule has 0 aromatic heterocycles. The van der Waals surface area contributed by atoms with Gasteiger partial charge < -0.3 is 10.0 Å². The van der Waals surface area contributed by atoms with Gasteiger partial charge in [0.1, 0.15) is 11.9 Å². The molecular weight excluding hydrogens is 405 g/mol. The van der Waals surface area contributed by atoms with Crippen molar-refractivity contribution in [1.82, 2.24) is 0 Å². The van der Waals surface area contributed by atoms with Crippen LogP contribution >= 0.6 is 0 Å². The Bertz CT molecular complexity index is 976. The van der Waals surface area contributed by atoms with Gasteiger partial charge in [0.25, 0.3) is 0 Å². The summed E-state index contributed by atoms with van der Waals surface area (Å²) < 4.78 is 92.3. The molecule has 0 spiro atoms. The van der Waals surface area contributed by atoms with Gasteiger partial charge in [0.15, 0.2) is 6.10 Å². The normalized spacial score (nSPS) is 15.6. The Morgan fingerprint density at radius 3 is 2.34 bits per heavy atom. The van der Waals surface area contributed by atoms with E-state index in [1.54, 1.807) is 6.07 Å². The highest BCUT2D eigenvalue weighted by Gasteiger charge is 2.43. The summed E-state index contributed by atoms with van der Waals surface area (Å²) >= 11 is 0. The van der Waals surface area contributed by atoms with Crippen LogP contribution in [0.1, 0.15) is 34.8 Å². The maximum absolute atomic E-state index is 13.7. The molecule has 0 amide bonds. The molecule has 0 saturated carbocycles. The Kier molecular flexibility index (Phi) is 5.21. The Morgan fingerprint density at radius 1 is 1.07 bits per heavy atom. The summed E-state index contributed by atoms with van der Waals surface area (Å²) in [6.07, 6.45) is -12.6. The van der Waals surface area contributed by atoms with E-state index in [4.69, 9.17) is 0 Å². The highest BCUT2D eigenvalue weighted by molar-refractivity contribution is 5.76. The van der Waals surface area contributed by atoms with E-state index in [2.05, 4.69) is 0 Å². The molecular formula is C19H13F7N2O.